The number of fused-ring (bicyclic) bond motifs is 1. The second-order valence-electron chi connectivity index (χ2n) is 5.65. The Morgan fingerprint density at radius 1 is 1.37 bits per heavy atom. The lowest BCUT2D eigenvalue weighted by molar-refractivity contribution is 0.419. The molecule has 1 fully saturated rings. The molecule has 0 spiro atoms. The molecule has 2 aromatic rings. The van der Waals surface area contributed by atoms with E-state index in [1.165, 1.54) is 18.4 Å². The van der Waals surface area contributed by atoms with Crippen LogP contribution in [0.4, 0.5) is 0 Å². The molecule has 1 heterocycles. The molecule has 3 nitrogen and oxygen atoms in total. The van der Waals surface area contributed by atoms with E-state index in [2.05, 4.69) is 45.6 Å². The number of hydrogen-bond donors (Lipinski definition) is 1. The van der Waals surface area contributed by atoms with Gasteiger partial charge >= 0.3 is 0 Å². The van der Waals surface area contributed by atoms with E-state index in [4.69, 9.17) is 10.7 Å². The van der Waals surface area contributed by atoms with Gasteiger partial charge in [-0.25, -0.2) is 4.98 Å². The van der Waals surface area contributed by atoms with Crippen LogP contribution in [0.3, 0.4) is 0 Å². The van der Waals surface area contributed by atoms with E-state index in [-0.39, 0.29) is 5.54 Å². The predicted molar refractivity (Wildman–Crippen MR) is 82.2 cm³/mol. The molecule has 0 radical (unpaired) electrons. The molecule has 0 bridgehead atoms. The normalized spacial score (nSPS) is 18.3. The minimum Gasteiger partial charge on any atom is -0.328 e. The maximum absolute atomic E-state index is 6.50. The Morgan fingerprint density at radius 2 is 2.11 bits per heavy atom. The van der Waals surface area contributed by atoms with Crippen molar-refractivity contribution in [1.29, 1.82) is 0 Å². The van der Waals surface area contributed by atoms with Gasteiger partial charge in [-0.05, 0) is 38.0 Å². The van der Waals surface area contributed by atoms with Crippen molar-refractivity contribution in [3.8, 4) is 0 Å². The fraction of sp³-hybridized carbons (Fsp3) is 0.533. The molecule has 1 saturated carbocycles. The highest BCUT2D eigenvalue weighted by Gasteiger charge is 2.31. The lowest BCUT2D eigenvalue weighted by Crippen LogP contribution is -2.39. The molecule has 0 saturated heterocycles. The van der Waals surface area contributed by atoms with Crippen LogP contribution in [0.2, 0.25) is 0 Å². The Balaban J connectivity index is 2.02. The van der Waals surface area contributed by atoms with Crippen LogP contribution in [-0.2, 0) is 13.0 Å². The van der Waals surface area contributed by atoms with Crippen molar-refractivity contribution in [2.24, 2.45) is 5.73 Å². The van der Waals surface area contributed by atoms with E-state index in [0.717, 1.165) is 41.6 Å². The van der Waals surface area contributed by atoms with Gasteiger partial charge in [-0.3, -0.25) is 0 Å². The highest BCUT2D eigenvalue weighted by molar-refractivity contribution is 9.10. The van der Waals surface area contributed by atoms with Gasteiger partial charge in [0.05, 0.1) is 11.0 Å². The maximum atomic E-state index is 6.50. The van der Waals surface area contributed by atoms with Crippen molar-refractivity contribution in [1.82, 2.24) is 9.55 Å². The first kappa shape index (κ1) is 13.1. The van der Waals surface area contributed by atoms with Gasteiger partial charge < -0.3 is 10.3 Å². The minimum atomic E-state index is -0.0362. The predicted octanol–water partition coefficient (Wildman–Crippen LogP) is 3.63. The first-order chi connectivity index (χ1) is 9.11. The molecular formula is C15H20BrN3. The molecule has 1 aliphatic carbocycles. The number of halogens is 1. The monoisotopic (exact) mass is 321 g/mol. The first-order valence-corrected chi connectivity index (χ1v) is 7.84. The third-order valence-electron chi connectivity index (χ3n) is 4.22. The Labute approximate surface area is 122 Å². The van der Waals surface area contributed by atoms with Crippen molar-refractivity contribution < 1.29 is 0 Å². The molecule has 102 valence electrons. The van der Waals surface area contributed by atoms with Crippen LogP contribution in [0, 0.1) is 0 Å². The van der Waals surface area contributed by atoms with Gasteiger partial charge in [-0.2, -0.15) is 0 Å². The second-order valence-corrected chi connectivity index (χ2v) is 6.57. The van der Waals surface area contributed by atoms with Crippen LogP contribution < -0.4 is 5.73 Å². The van der Waals surface area contributed by atoms with Crippen molar-refractivity contribution in [2.75, 3.05) is 0 Å². The summed E-state index contributed by atoms with van der Waals surface area (Å²) in [4.78, 5) is 4.81. The quantitative estimate of drug-likeness (QED) is 0.938. The molecule has 0 aliphatic heterocycles. The third kappa shape index (κ3) is 2.43. The summed E-state index contributed by atoms with van der Waals surface area (Å²) in [5.41, 5.74) is 8.74. The minimum absolute atomic E-state index is 0.0362. The Hall–Kier alpha value is -0.870. The zero-order valence-corrected chi connectivity index (χ0v) is 12.9. The van der Waals surface area contributed by atoms with Gasteiger partial charge in [0.15, 0.2) is 0 Å². The van der Waals surface area contributed by atoms with Gasteiger partial charge in [0.25, 0.3) is 0 Å². The number of aryl methyl sites for hydroxylation is 1. The average Bonchev–Trinajstić information content (AvgIpc) is 2.92. The van der Waals surface area contributed by atoms with E-state index in [9.17, 15) is 0 Å². The lowest BCUT2D eigenvalue weighted by Gasteiger charge is -2.23. The molecule has 3 rings (SSSR count). The highest BCUT2D eigenvalue weighted by atomic mass is 79.9. The van der Waals surface area contributed by atoms with Gasteiger partial charge in [0, 0.05) is 23.0 Å². The Bertz CT molecular complexity index is 597. The smallest absolute Gasteiger partial charge is 0.111 e. The number of benzene rings is 1. The van der Waals surface area contributed by atoms with Crippen molar-refractivity contribution in [3.63, 3.8) is 0 Å². The number of rotatable bonds is 3. The summed E-state index contributed by atoms with van der Waals surface area (Å²) in [6, 6.07) is 6.30. The number of nitrogens with two attached hydrogens (primary N) is 1. The highest BCUT2D eigenvalue weighted by Crippen LogP contribution is 2.31. The molecule has 1 aliphatic rings. The summed E-state index contributed by atoms with van der Waals surface area (Å²) in [5.74, 6) is 1.14. The molecule has 0 unspecified atom stereocenters. The van der Waals surface area contributed by atoms with Crippen molar-refractivity contribution in [2.45, 2.75) is 51.1 Å². The number of nitrogens with zero attached hydrogens (tertiary/aromatic N) is 2. The summed E-state index contributed by atoms with van der Waals surface area (Å²) < 4.78 is 3.38. The Morgan fingerprint density at radius 3 is 2.79 bits per heavy atom. The summed E-state index contributed by atoms with van der Waals surface area (Å²) in [7, 11) is 0. The third-order valence-corrected chi connectivity index (χ3v) is 4.71. The van der Waals surface area contributed by atoms with Crippen LogP contribution in [0.5, 0.6) is 0 Å². The number of hydrogen-bond acceptors (Lipinski definition) is 2. The fourth-order valence-electron chi connectivity index (χ4n) is 3.21. The molecule has 0 atom stereocenters. The maximum Gasteiger partial charge on any atom is 0.111 e. The van der Waals surface area contributed by atoms with Crippen LogP contribution >= 0.6 is 15.9 Å². The second kappa shape index (κ2) is 4.91. The van der Waals surface area contributed by atoms with Crippen LogP contribution in [0.15, 0.2) is 22.7 Å². The zero-order valence-electron chi connectivity index (χ0n) is 11.3. The standard InChI is InChI=1S/C15H20BrN3/c1-2-19-13-6-5-11(16)9-12(13)18-14(19)10-15(17)7-3-4-8-15/h5-6,9H,2-4,7-8,10,17H2,1H3. The van der Waals surface area contributed by atoms with Crippen molar-refractivity contribution in [3.05, 3.63) is 28.5 Å². The number of aromatic nitrogens is 2. The van der Waals surface area contributed by atoms with Crippen LogP contribution in [0.25, 0.3) is 11.0 Å². The molecule has 1 aromatic carbocycles. The summed E-state index contributed by atoms with van der Waals surface area (Å²) in [5, 5.41) is 0. The fourth-order valence-corrected chi connectivity index (χ4v) is 3.56. The molecule has 0 amide bonds. The summed E-state index contributed by atoms with van der Waals surface area (Å²) in [6.45, 7) is 3.12. The van der Waals surface area contributed by atoms with Gasteiger partial charge in [0.1, 0.15) is 5.82 Å². The summed E-state index contributed by atoms with van der Waals surface area (Å²) >= 11 is 3.51. The van der Waals surface area contributed by atoms with E-state index < -0.39 is 0 Å². The molecule has 2 N–H and O–H groups in total. The number of imidazole rings is 1. The molecular weight excluding hydrogens is 302 g/mol. The van der Waals surface area contributed by atoms with E-state index in [1.54, 1.807) is 0 Å². The lowest BCUT2D eigenvalue weighted by atomic mass is 9.94. The molecule has 1 aromatic heterocycles. The average molecular weight is 322 g/mol. The van der Waals surface area contributed by atoms with Crippen LogP contribution in [-0.4, -0.2) is 15.1 Å². The molecule has 19 heavy (non-hydrogen) atoms. The topological polar surface area (TPSA) is 43.8 Å². The first-order valence-electron chi connectivity index (χ1n) is 7.05. The van der Waals surface area contributed by atoms with E-state index >= 15 is 0 Å². The Kier molecular flexibility index (Phi) is 3.39. The van der Waals surface area contributed by atoms with E-state index in [0.29, 0.717) is 0 Å². The molecule has 4 heteroatoms. The van der Waals surface area contributed by atoms with Gasteiger partial charge in [0.2, 0.25) is 0 Å². The zero-order chi connectivity index (χ0) is 13.5. The summed E-state index contributed by atoms with van der Waals surface area (Å²) in [6.07, 6.45) is 5.67. The van der Waals surface area contributed by atoms with Crippen molar-refractivity contribution >= 4 is 27.0 Å². The van der Waals surface area contributed by atoms with Crippen LogP contribution in [0.1, 0.15) is 38.4 Å². The van der Waals surface area contributed by atoms with Gasteiger partial charge in [-0.1, -0.05) is 28.8 Å². The van der Waals surface area contributed by atoms with E-state index in [1.807, 2.05) is 0 Å². The largest absolute Gasteiger partial charge is 0.328 e. The van der Waals surface area contributed by atoms with Gasteiger partial charge in [-0.15, -0.1) is 0 Å². The SMILES string of the molecule is CCn1c(CC2(N)CCCC2)nc2cc(Br)ccc21.